The molecule has 1 aromatic carbocycles. The highest BCUT2D eigenvalue weighted by atomic mass is 35.5. The van der Waals surface area contributed by atoms with Crippen LogP contribution in [0.3, 0.4) is 0 Å². The normalized spacial score (nSPS) is 27.2. The maximum atomic E-state index is 14.4. The molecule has 5 heteroatoms. The second-order valence-corrected chi connectivity index (χ2v) is 4.49. The Hall–Kier alpha value is -0.350. The Morgan fingerprint density at radius 3 is 2.73 bits per heavy atom. The van der Waals surface area contributed by atoms with Crippen LogP contribution in [-0.4, -0.2) is 23.4 Å². The monoisotopic (exact) mass is 249 g/mol. The number of halogens is 3. The van der Waals surface area contributed by atoms with E-state index in [2.05, 4.69) is 0 Å². The lowest BCUT2D eigenvalue weighted by molar-refractivity contribution is -0.0804. The van der Waals surface area contributed by atoms with Gasteiger partial charge in [0, 0.05) is 18.5 Å². The minimum atomic E-state index is -1.60. The van der Waals surface area contributed by atoms with Crippen LogP contribution in [0.5, 0.6) is 0 Å². The van der Waals surface area contributed by atoms with Gasteiger partial charge in [-0.2, -0.15) is 5.06 Å². The van der Waals surface area contributed by atoms with Crippen LogP contribution in [0.1, 0.15) is 12.0 Å². The molecule has 0 bridgehead atoms. The van der Waals surface area contributed by atoms with Crippen molar-refractivity contribution in [1.29, 1.82) is 0 Å². The van der Waals surface area contributed by atoms with E-state index in [1.54, 1.807) is 18.2 Å². The third-order valence-electron chi connectivity index (χ3n) is 2.63. The van der Waals surface area contributed by atoms with E-state index in [4.69, 9.17) is 23.2 Å². The quantitative estimate of drug-likeness (QED) is 0.826. The van der Waals surface area contributed by atoms with Crippen LogP contribution in [-0.2, 0) is 5.67 Å². The number of hydroxylamine groups is 2. The van der Waals surface area contributed by atoms with Crippen LogP contribution in [0.25, 0.3) is 0 Å². The highest BCUT2D eigenvalue weighted by Gasteiger charge is 2.41. The van der Waals surface area contributed by atoms with Crippen molar-refractivity contribution in [3.05, 3.63) is 33.8 Å². The molecule has 15 heavy (non-hydrogen) atoms. The SMILES string of the molecule is ON1CCC(F)(c2cccc(Cl)c2Cl)C1. The summed E-state index contributed by atoms with van der Waals surface area (Å²) >= 11 is 11.8. The van der Waals surface area contributed by atoms with Crippen LogP contribution >= 0.6 is 23.2 Å². The standard InChI is InChI=1S/C10H10Cl2FNO/c11-8-3-1-2-7(9(8)12)10(13)4-5-14(15)6-10/h1-3,15H,4-6H2. The van der Waals surface area contributed by atoms with Crippen molar-refractivity contribution in [2.45, 2.75) is 12.1 Å². The first-order valence-corrected chi connectivity index (χ1v) is 5.36. The number of alkyl halides is 1. The molecule has 1 N–H and O–H groups in total. The van der Waals surface area contributed by atoms with Crippen molar-refractivity contribution in [2.75, 3.05) is 13.1 Å². The Morgan fingerprint density at radius 2 is 2.13 bits per heavy atom. The molecule has 0 aromatic heterocycles. The molecule has 1 atom stereocenters. The van der Waals surface area contributed by atoms with Gasteiger partial charge in [0.05, 0.1) is 16.6 Å². The summed E-state index contributed by atoms with van der Waals surface area (Å²) in [5.74, 6) is 0. The first-order valence-electron chi connectivity index (χ1n) is 4.60. The summed E-state index contributed by atoms with van der Waals surface area (Å²) in [5, 5.41) is 10.7. The molecule has 1 saturated heterocycles. The second-order valence-electron chi connectivity index (χ2n) is 3.70. The van der Waals surface area contributed by atoms with Gasteiger partial charge in [-0.15, -0.1) is 0 Å². The third-order valence-corrected chi connectivity index (χ3v) is 3.45. The first kappa shape index (κ1) is 11.1. The third kappa shape index (κ3) is 1.97. The van der Waals surface area contributed by atoms with E-state index in [1.807, 2.05) is 0 Å². The maximum absolute atomic E-state index is 14.4. The molecule has 2 rings (SSSR count). The van der Waals surface area contributed by atoms with Crippen LogP contribution in [0, 0.1) is 0 Å². The summed E-state index contributed by atoms with van der Waals surface area (Å²) in [6.07, 6.45) is 0.226. The molecule has 82 valence electrons. The fraction of sp³-hybridized carbons (Fsp3) is 0.400. The number of rotatable bonds is 1. The minimum absolute atomic E-state index is 0.0624. The van der Waals surface area contributed by atoms with E-state index >= 15 is 0 Å². The fourth-order valence-electron chi connectivity index (χ4n) is 1.82. The van der Waals surface area contributed by atoms with Crippen molar-refractivity contribution in [3.63, 3.8) is 0 Å². The van der Waals surface area contributed by atoms with Gasteiger partial charge in [0.15, 0.2) is 5.67 Å². The first-order chi connectivity index (χ1) is 7.03. The number of hydrogen-bond donors (Lipinski definition) is 1. The summed E-state index contributed by atoms with van der Waals surface area (Å²) in [6.45, 7) is 0.242. The molecule has 1 aromatic rings. The lowest BCUT2D eigenvalue weighted by Gasteiger charge is -2.20. The number of hydrogen-bond acceptors (Lipinski definition) is 2. The maximum Gasteiger partial charge on any atom is 0.153 e. The van der Waals surface area contributed by atoms with Crippen LogP contribution in [0.4, 0.5) is 4.39 Å². The molecule has 0 radical (unpaired) electrons. The predicted molar refractivity (Wildman–Crippen MR) is 57.2 cm³/mol. The van der Waals surface area contributed by atoms with Crippen molar-refractivity contribution in [1.82, 2.24) is 5.06 Å². The van der Waals surface area contributed by atoms with Gasteiger partial charge < -0.3 is 5.21 Å². The van der Waals surface area contributed by atoms with E-state index in [0.717, 1.165) is 5.06 Å². The summed E-state index contributed by atoms with van der Waals surface area (Å²) in [6, 6.07) is 4.88. The summed E-state index contributed by atoms with van der Waals surface area (Å²) < 4.78 is 14.4. The van der Waals surface area contributed by atoms with E-state index in [1.165, 1.54) is 0 Å². The minimum Gasteiger partial charge on any atom is -0.314 e. The van der Waals surface area contributed by atoms with Gasteiger partial charge in [-0.3, -0.25) is 0 Å². The molecule has 1 fully saturated rings. The molecule has 1 aliphatic rings. The van der Waals surface area contributed by atoms with Crippen LogP contribution in [0.2, 0.25) is 10.0 Å². The van der Waals surface area contributed by atoms with Gasteiger partial charge in [0.1, 0.15) is 0 Å². The largest absolute Gasteiger partial charge is 0.314 e. The van der Waals surface area contributed by atoms with Crippen molar-refractivity contribution in [2.24, 2.45) is 0 Å². The highest BCUT2D eigenvalue weighted by Crippen LogP contribution is 2.41. The van der Waals surface area contributed by atoms with Gasteiger partial charge in [-0.05, 0) is 6.07 Å². The van der Waals surface area contributed by atoms with Crippen molar-refractivity contribution < 1.29 is 9.60 Å². The topological polar surface area (TPSA) is 23.5 Å². The van der Waals surface area contributed by atoms with Crippen LogP contribution in [0.15, 0.2) is 18.2 Å². The molecule has 1 heterocycles. The predicted octanol–water partition coefficient (Wildman–Crippen LogP) is 3.25. The van der Waals surface area contributed by atoms with Crippen molar-refractivity contribution >= 4 is 23.2 Å². The van der Waals surface area contributed by atoms with E-state index in [0.29, 0.717) is 17.1 Å². The summed E-state index contributed by atoms with van der Waals surface area (Å²) in [7, 11) is 0. The number of benzene rings is 1. The molecule has 2 nitrogen and oxygen atoms in total. The molecular formula is C10H10Cl2FNO. The molecule has 0 saturated carbocycles. The Bertz CT molecular complexity index is 388. The fourth-order valence-corrected chi connectivity index (χ4v) is 2.29. The average Bonchev–Trinajstić information content (AvgIpc) is 2.52. The Morgan fingerprint density at radius 1 is 1.40 bits per heavy atom. The highest BCUT2D eigenvalue weighted by molar-refractivity contribution is 6.42. The van der Waals surface area contributed by atoms with Gasteiger partial charge >= 0.3 is 0 Å². The van der Waals surface area contributed by atoms with Gasteiger partial charge in [-0.1, -0.05) is 35.3 Å². The zero-order chi connectivity index (χ0) is 11.1. The molecule has 0 spiro atoms. The molecule has 0 amide bonds. The lowest BCUT2D eigenvalue weighted by atomic mass is 9.95. The Kier molecular flexibility index (Phi) is 2.90. The van der Waals surface area contributed by atoms with E-state index in [-0.39, 0.29) is 18.0 Å². The van der Waals surface area contributed by atoms with Crippen molar-refractivity contribution in [3.8, 4) is 0 Å². The summed E-state index contributed by atoms with van der Waals surface area (Å²) in [5.41, 5.74) is -1.25. The smallest absolute Gasteiger partial charge is 0.153 e. The van der Waals surface area contributed by atoms with Gasteiger partial charge in [0.25, 0.3) is 0 Å². The molecule has 1 aliphatic heterocycles. The van der Waals surface area contributed by atoms with Crippen LogP contribution < -0.4 is 0 Å². The lowest BCUT2D eigenvalue weighted by Crippen LogP contribution is -2.25. The average molecular weight is 250 g/mol. The van der Waals surface area contributed by atoms with Gasteiger partial charge in [0.2, 0.25) is 0 Å². The molecule has 0 aliphatic carbocycles. The van der Waals surface area contributed by atoms with Gasteiger partial charge in [-0.25, -0.2) is 4.39 Å². The molecule has 1 unspecified atom stereocenters. The Labute approximate surface area is 97.2 Å². The van der Waals surface area contributed by atoms with E-state index < -0.39 is 5.67 Å². The zero-order valence-corrected chi connectivity index (χ0v) is 9.39. The zero-order valence-electron chi connectivity index (χ0n) is 7.88. The molecular weight excluding hydrogens is 240 g/mol. The van der Waals surface area contributed by atoms with E-state index in [9.17, 15) is 9.60 Å². The second kappa shape index (κ2) is 3.91. The Balaban J connectivity index is 2.41. The summed E-state index contributed by atoms with van der Waals surface area (Å²) in [4.78, 5) is 0. The number of nitrogens with zero attached hydrogens (tertiary/aromatic N) is 1.